The quantitative estimate of drug-likeness (QED) is 0.877. The van der Waals surface area contributed by atoms with Gasteiger partial charge in [-0.05, 0) is 38.8 Å². The molecule has 1 aromatic carbocycles. The number of nitrogens with one attached hydrogen (secondary N) is 1. The fourth-order valence-electron chi connectivity index (χ4n) is 2.14. The van der Waals surface area contributed by atoms with E-state index >= 15 is 0 Å². The van der Waals surface area contributed by atoms with Crippen molar-refractivity contribution in [3.8, 4) is 5.75 Å². The molecule has 0 aliphatic rings. The van der Waals surface area contributed by atoms with Crippen LogP contribution in [0.1, 0.15) is 36.0 Å². The van der Waals surface area contributed by atoms with Gasteiger partial charge in [-0.2, -0.15) is 0 Å². The minimum Gasteiger partial charge on any atom is -0.485 e. The van der Waals surface area contributed by atoms with Crippen LogP contribution in [-0.2, 0) is 6.61 Å². The Labute approximate surface area is 126 Å². The Morgan fingerprint density at radius 1 is 1.10 bits per heavy atom. The van der Waals surface area contributed by atoms with E-state index in [1.165, 1.54) is 5.56 Å². The summed E-state index contributed by atoms with van der Waals surface area (Å²) in [5.74, 6) is 2.45. The van der Waals surface area contributed by atoms with Gasteiger partial charge in [0.15, 0.2) is 5.82 Å². The van der Waals surface area contributed by atoms with Crippen molar-refractivity contribution < 1.29 is 4.74 Å². The summed E-state index contributed by atoms with van der Waals surface area (Å²) in [6, 6.07) is 8.11. The lowest BCUT2D eigenvalue weighted by atomic mass is 10.1. The molecular weight excluding hydrogens is 262 g/mol. The summed E-state index contributed by atoms with van der Waals surface area (Å²) < 4.78 is 5.84. The van der Waals surface area contributed by atoms with Gasteiger partial charge in [-0.25, -0.2) is 9.97 Å². The molecule has 2 rings (SSSR count). The minimum absolute atomic E-state index is 0.381. The Morgan fingerprint density at radius 3 is 2.62 bits per heavy atom. The molecule has 0 unspecified atom stereocenters. The number of hydrogen-bond acceptors (Lipinski definition) is 4. The highest BCUT2D eigenvalue weighted by Crippen LogP contribution is 2.19. The van der Waals surface area contributed by atoms with E-state index in [1.54, 1.807) is 0 Å². The summed E-state index contributed by atoms with van der Waals surface area (Å²) in [5, 5.41) is 3.29. The fraction of sp³-hybridized carbons (Fsp3) is 0.412. The highest BCUT2D eigenvalue weighted by molar-refractivity contribution is 5.37. The Balaban J connectivity index is 2.07. The second-order valence-corrected chi connectivity index (χ2v) is 5.30. The van der Waals surface area contributed by atoms with E-state index < -0.39 is 0 Å². The molecule has 1 aromatic heterocycles. The third-order valence-electron chi connectivity index (χ3n) is 3.14. The summed E-state index contributed by atoms with van der Waals surface area (Å²) in [5.41, 5.74) is 3.31. The molecule has 21 heavy (non-hydrogen) atoms. The van der Waals surface area contributed by atoms with Crippen LogP contribution >= 0.6 is 0 Å². The molecule has 0 atom stereocenters. The average Bonchev–Trinajstić information content (AvgIpc) is 2.43. The van der Waals surface area contributed by atoms with Crippen molar-refractivity contribution in [2.45, 2.75) is 40.7 Å². The third-order valence-corrected chi connectivity index (χ3v) is 3.14. The molecule has 0 fully saturated rings. The second kappa shape index (κ2) is 7.07. The van der Waals surface area contributed by atoms with Crippen LogP contribution in [0.4, 0.5) is 5.82 Å². The predicted molar refractivity (Wildman–Crippen MR) is 85.8 cm³/mol. The maximum atomic E-state index is 5.84. The van der Waals surface area contributed by atoms with Crippen LogP contribution in [0.3, 0.4) is 0 Å². The van der Waals surface area contributed by atoms with Gasteiger partial charge in [-0.1, -0.05) is 24.6 Å². The molecule has 0 spiro atoms. The van der Waals surface area contributed by atoms with Crippen LogP contribution in [0.25, 0.3) is 0 Å². The smallest absolute Gasteiger partial charge is 0.168 e. The first-order valence-corrected chi connectivity index (χ1v) is 7.37. The van der Waals surface area contributed by atoms with Crippen LogP contribution < -0.4 is 10.1 Å². The first-order chi connectivity index (χ1) is 10.1. The number of nitrogens with zero attached hydrogens (tertiary/aromatic N) is 2. The first kappa shape index (κ1) is 15.3. The fourth-order valence-corrected chi connectivity index (χ4v) is 2.14. The largest absolute Gasteiger partial charge is 0.485 e. The summed E-state index contributed by atoms with van der Waals surface area (Å²) in [7, 11) is 0. The number of rotatable bonds is 6. The molecule has 2 aromatic rings. The molecule has 0 radical (unpaired) electrons. The van der Waals surface area contributed by atoms with Crippen LogP contribution in [0.5, 0.6) is 5.75 Å². The average molecular weight is 285 g/mol. The molecule has 4 heteroatoms. The number of anilines is 1. The van der Waals surface area contributed by atoms with Gasteiger partial charge in [-0.15, -0.1) is 0 Å². The zero-order valence-electron chi connectivity index (χ0n) is 13.2. The molecule has 112 valence electrons. The zero-order valence-corrected chi connectivity index (χ0v) is 13.2. The summed E-state index contributed by atoms with van der Waals surface area (Å²) >= 11 is 0. The minimum atomic E-state index is 0.381. The Morgan fingerprint density at radius 2 is 1.90 bits per heavy atom. The highest BCUT2D eigenvalue weighted by atomic mass is 16.5. The Hall–Kier alpha value is -2.10. The SMILES string of the molecule is CCCNc1cc(C)nc(COc2ccc(C)cc2C)n1. The van der Waals surface area contributed by atoms with E-state index in [0.717, 1.165) is 35.8 Å². The lowest BCUT2D eigenvalue weighted by molar-refractivity contribution is 0.293. The standard InChI is InChI=1S/C17H23N3O/c1-5-8-18-16-10-14(4)19-17(20-16)11-21-15-7-6-12(2)9-13(15)3/h6-7,9-10H,5,8,11H2,1-4H3,(H,18,19,20). The lowest BCUT2D eigenvalue weighted by Crippen LogP contribution is -2.08. The lowest BCUT2D eigenvalue weighted by Gasteiger charge is -2.11. The highest BCUT2D eigenvalue weighted by Gasteiger charge is 2.05. The van der Waals surface area contributed by atoms with Crippen LogP contribution in [0.2, 0.25) is 0 Å². The summed E-state index contributed by atoms with van der Waals surface area (Å²) in [6.07, 6.45) is 1.07. The van der Waals surface area contributed by atoms with Crippen molar-refractivity contribution in [1.29, 1.82) is 0 Å². The van der Waals surface area contributed by atoms with E-state index in [2.05, 4.69) is 35.2 Å². The van der Waals surface area contributed by atoms with Crippen molar-refractivity contribution in [2.24, 2.45) is 0 Å². The van der Waals surface area contributed by atoms with Crippen LogP contribution in [0.15, 0.2) is 24.3 Å². The molecular formula is C17H23N3O. The Bertz CT molecular complexity index is 611. The normalized spacial score (nSPS) is 10.5. The van der Waals surface area contributed by atoms with Crippen molar-refractivity contribution in [1.82, 2.24) is 9.97 Å². The third kappa shape index (κ3) is 4.45. The zero-order chi connectivity index (χ0) is 15.2. The van der Waals surface area contributed by atoms with E-state index in [0.29, 0.717) is 12.4 Å². The van der Waals surface area contributed by atoms with E-state index in [4.69, 9.17) is 4.74 Å². The maximum Gasteiger partial charge on any atom is 0.168 e. The topological polar surface area (TPSA) is 47.0 Å². The molecule has 0 bridgehead atoms. The van der Waals surface area contributed by atoms with E-state index in [-0.39, 0.29) is 0 Å². The molecule has 0 aliphatic carbocycles. The molecule has 1 heterocycles. The van der Waals surface area contributed by atoms with Gasteiger partial charge < -0.3 is 10.1 Å². The summed E-state index contributed by atoms with van der Waals surface area (Å²) in [6.45, 7) is 9.52. The van der Waals surface area contributed by atoms with Crippen molar-refractivity contribution >= 4 is 5.82 Å². The molecule has 0 amide bonds. The number of aromatic nitrogens is 2. The number of hydrogen-bond donors (Lipinski definition) is 1. The van der Waals surface area contributed by atoms with Crippen molar-refractivity contribution in [2.75, 3.05) is 11.9 Å². The molecule has 1 N–H and O–H groups in total. The number of benzene rings is 1. The molecule has 0 saturated carbocycles. The molecule has 4 nitrogen and oxygen atoms in total. The predicted octanol–water partition coefficient (Wildman–Crippen LogP) is 3.80. The number of ether oxygens (including phenoxy) is 1. The van der Waals surface area contributed by atoms with Gasteiger partial charge in [-0.3, -0.25) is 0 Å². The second-order valence-electron chi connectivity index (χ2n) is 5.30. The number of aryl methyl sites for hydroxylation is 3. The van der Waals surface area contributed by atoms with Crippen LogP contribution in [-0.4, -0.2) is 16.5 Å². The van der Waals surface area contributed by atoms with Gasteiger partial charge in [0.2, 0.25) is 0 Å². The van der Waals surface area contributed by atoms with Gasteiger partial charge in [0.1, 0.15) is 18.2 Å². The van der Waals surface area contributed by atoms with Gasteiger partial charge in [0.25, 0.3) is 0 Å². The Kier molecular flexibility index (Phi) is 5.14. The van der Waals surface area contributed by atoms with E-state index in [9.17, 15) is 0 Å². The van der Waals surface area contributed by atoms with E-state index in [1.807, 2.05) is 32.0 Å². The van der Waals surface area contributed by atoms with Crippen molar-refractivity contribution in [3.05, 3.63) is 46.9 Å². The molecule has 0 aliphatic heterocycles. The van der Waals surface area contributed by atoms with Gasteiger partial charge >= 0.3 is 0 Å². The monoisotopic (exact) mass is 285 g/mol. The first-order valence-electron chi connectivity index (χ1n) is 7.37. The summed E-state index contributed by atoms with van der Waals surface area (Å²) in [4.78, 5) is 8.91. The van der Waals surface area contributed by atoms with Gasteiger partial charge in [0, 0.05) is 18.3 Å². The maximum absolute atomic E-state index is 5.84. The van der Waals surface area contributed by atoms with Crippen LogP contribution in [0, 0.1) is 20.8 Å². The molecule has 0 saturated heterocycles. The van der Waals surface area contributed by atoms with Gasteiger partial charge in [0.05, 0.1) is 0 Å². The van der Waals surface area contributed by atoms with Crippen molar-refractivity contribution in [3.63, 3.8) is 0 Å².